The van der Waals surface area contributed by atoms with Crippen molar-refractivity contribution in [1.82, 2.24) is 31.9 Å². The molecule has 4 atom stereocenters. The molecule has 0 saturated carbocycles. The lowest BCUT2D eigenvalue weighted by Crippen LogP contribution is -2.50. The van der Waals surface area contributed by atoms with E-state index in [2.05, 4.69) is 31.9 Å². The van der Waals surface area contributed by atoms with Gasteiger partial charge in [-0.05, 0) is 0 Å². The van der Waals surface area contributed by atoms with Crippen molar-refractivity contribution in [2.45, 2.75) is 12.1 Å². The van der Waals surface area contributed by atoms with Gasteiger partial charge in [0, 0.05) is 102 Å². The third-order valence-corrected chi connectivity index (χ3v) is 5.03. The molecule has 8 nitrogen and oxygen atoms in total. The summed E-state index contributed by atoms with van der Waals surface area (Å²) in [6.07, 6.45) is 0. The van der Waals surface area contributed by atoms with E-state index in [0.717, 1.165) is 78.5 Å². The first-order valence-electron chi connectivity index (χ1n) is 9.53. The van der Waals surface area contributed by atoms with Gasteiger partial charge in [0.1, 0.15) is 0 Å². The van der Waals surface area contributed by atoms with Crippen molar-refractivity contribution in [3.05, 3.63) is 0 Å². The molecule has 24 heavy (non-hydrogen) atoms. The molecule has 2 bridgehead atoms. The zero-order valence-electron chi connectivity index (χ0n) is 14.9. The first kappa shape index (κ1) is 20.0. The van der Waals surface area contributed by atoms with Gasteiger partial charge in [-0.25, -0.2) is 0 Å². The summed E-state index contributed by atoms with van der Waals surface area (Å²) in [7, 11) is 0. The maximum atomic E-state index is 6.42. The Kier molecular flexibility index (Phi) is 10.1. The summed E-state index contributed by atoms with van der Waals surface area (Å²) >= 11 is 0. The second-order valence-corrected chi connectivity index (χ2v) is 7.07. The lowest BCUT2D eigenvalue weighted by Gasteiger charge is -2.26. The van der Waals surface area contributed by atoms with Crippen molar-refractivity contribution in [3.8, 4) is 0 Å². The van der Waals surface area contributed by atoms with Crippen LogP contribution in [0, 0.1) is 11.8 Å². The van der Waals surface area contributed by atoms with Crippen molar-refractivity contribution < 1.29 is 0 Å². The molecule has 2 saturated heterocycles. The highest BCUT2D eigenvalue weighted by Gasteiger charge is 2.19. The van der Waals surface area contributed by atoms with Crippen LogP contribution < -0.4 is 43.4 Å². The summed E-state index contributed by atoms with van der Waals surface area (Å²) < 4.78 is 0. The summed E-state index contributed by atoms with van der Waals surface area (Å²) in [5.74, 6) is 0.853. The van der Waals surface area contributed by atoms with Crippen LogP contribution in [-0.4, -0.2) is 90.6 Å². The maximum Gasteiger partial charge on any atom is 0.0218 e. The molecule has 8 heteroatoms. The van der Waals surface area contributed by atoms with Gasteiger partial charge in [0.2, 0.25) is 0 Å². The van der Waals surface area contributed by atoms with Gasteiger partial charge >= 0.3 is 0 Å². The zero-order chi connectivity index (χ0) is 17.0. The largest absolute Gasteiger partial charge is 0.326 e. The molecule has 2 aliphatic rings. The fourth-order valence-corrected chi connectivity index (χ4v) is 3.30. The minimum Gasteiger partial charge on any atom is -0.326 e. The molecule has 0 radical (unpaired) electrons. The molecule has 142 valence electrons. The van der Waals surface area contributed by atoms with Crippen molar-refractivity contribution >= 4 is 0 Å². The molecular formula is C16H38N8. The van der Waals surface area contributed by atoms with E-state index < -0.39 is 0 Å². The Morgan fingerprint density at radius 2 is 0.667 bits per heavy atom. The van der Waals surface area contributed by atoms with E-state index in [4.69, 9.17) is 11.5 Å². The van der Waals surface area contributed by atoms with Crippen LogP contribution in [-0.2, 0) is 0 Å². The Bertz CT molecular complexity index is 282. The number of hydrogen-bond donors (Lipinski definition) is 8. The fourth-order valence-electron chi connectivity index (χ4n) is 3.30. The minimum atomic E-state index is 0.158. The highest BCUT2D eigenvalue weighted by atomic mass is 15.0. The number of hydrogen-bond acceptors (Lipinski definition) is 8. The van der Waals surface area contributed by atoms with E-state index in [1.165, 1.54) is 0 Å². The van der Waals surface area contributed by atoms with Crippen LogP contribution in [0.5, 0.6) is 0 Å². The Morgan fingerprint density at radius 3 is 0.958 bits per heavy atom. The fraction of sp³-hybridized carbons (Fsp3) is 1.00. The van der Waals surface area contributed by atoms with Crippen molar-refractivity contribution in [2.24, 2.45) is 23.3 Å². The molecule has 0 aromatic carbocycles. The van der Waals surface area contributed by atoms with Gasteiger partial charge in [0.25, 0.3) is 0 Å². The van der Waals surface area contributed by atoms with Crippen molar-refractivity contribution in [3.63, 3.8) is 0 Å². The maximum absolute atomic E-state index is 6.42. The third kappa shape index (κ3) is 7.71. The second kappa shape index (κ2) is 12.1. The van der Waals surface area contributed by atoms with Gasteiger partial charge in [-0.2, -0.15) is 0 Å². The number of fused-ring (bicyclic) bond motifs is 7. The molecule has 10 N–H and O–H groups in total. The number of nitrogens with one attached hydrogen (secondary N) is 6. The van der Waals surface area contributed by atoms with Crippen LogP contribution in [0.25, 0.3) is 0 Å². The number of nitrogens with two attached hydrogens (primary N) is 2. The van der Waals surface area contributed by atoms with Crippen molar-refractivity contribution in [1.29, 1.82) is 0 Å². The molecule has 2 aliphatic heterocycles. The Morgan fingerprint density at radius 1 is 0.417 bits per heavy atom. The van der Waals surface area contributed by atoms with E-state index in [1.807, 2.05) is 0 Å². The van der Waals surface area contributed by atoms with E-state index in [1.54, 1.807) is 0 Å². The van der Waals surface area contributed by atoms with Crippen LogP contribution in [0.4, 0.5) is 0 Å². The van der Waals surface area contributed by atoms with Crippen LogP contribution in [0.2, 0.25) is 0 Å². The third-order valence-electron chi connectivity index (χ3n) is 5.03. The standard InChI is InChI=1S/C16H38N8/c17-15-11-23-6-4-22-10-14-8-20-2-1-19-7-13(15)9-21-3-5-24-12-16(14)18/h13-16,19-24H,1-12,17-18H2/t13?,14?,15-,16-/m0/s1. The zero-order valence-corrected chi connectivity index (χ0v) is 14.9. The SMILES string of the molecule is N[C@H]1CNCCNCC2CNCCNCC1CNCCNC[C@@H]2N. The van der Waals surface area contributed by atoms with Crippen molar-refractivity contribution in [2.75, 3.05) is 78.5 Å². The summed E-state index contributed by atoms with van der Waals surface area (Å²) in [6, 6.07) is 0.315. The van der Waals surface area contributed by atoms with Gasteiger partial charge in [-0.15, -0.1) is 0 Å². The predicted molar refractivity (Wildman–Crippen MR) is 100 cm³/mol. The average molecular weight is 343 g/mol. The van der Waals surface area contributed by atoms with Gasteiger partial charge in [0.15, 0.2) is 0 Å². The van der Waals surface area contributed by atoms with Crippen LogP contribution in [0.1, 0.15) is 0 Å². The van der Waals surface area contributed by atoms with E-state index in [9.17, 15) is 0 Å². The highest BCUT2D eigenvalue weighted by molar-refractivity contribution is 4.82. The van der Waals surface area contributed by atoms with E-state index in [-0.39, 0.29) is 12.1 Å². The van der Waals surface area contributed by atoms with Gasteiger partial charge in [-0.1, -0.05) is 0 Å². The Labute approximate surface area is 146 Å². The van der Waals surface area contributed by atoms with Gasteiger partial charge in [-0.3, -0.25) is 0 Å². The van der Waals surface area contributed by atoms with Crippen LogP contribution in [0.3, 0.4) is 0 Å². The lowest BCUT2D eigenvalue weighted by molar-refractivity contribution is 0.353. The molecule has 0 amide bonds. The number of rotatable bonds is 0. The smallest absolute Gasteiger partial charge is 0.0218 e. The molecular weight excluding hydrogens is 304 g/mol. The average Bonchev–Trinajstić information content (AvgIpc) is 2.59. The summed E-state index contributed by atoms with van der Waals surface area (Å²) in [6.45, 7) is 11.2. The summed E-state index contributed by atoms with van der Waals surface area (Å²) in [5.41, 5.74) is 12.8. The molecule has 0 spiro atoms. The molecule has 2 heterocycles. The topological polar surface area (TPSA) is 124 Å². The first-order chi connectivity index (χ1) is 11.8. The Balaban J connectivity index is 2.00. The minimum absolute atomic E-state index is 0.158. The summed E-state index contributed by atoms with van der Waals surface area (Å²) in [4.78, 5) is 0. The van der Waals surface area contributed by atoms with E-state index in [0.29, 0.717) is 11.8 Å². The highest BCUT2D eigenvalue weighted by Crippen LogP contribution is 2.01. The monoisotopic (exact) mass is 342 g/mol. The molecule has 0 aliphatic carbocycles. The quantitative estimate of drug-likeness (QED) is 0.227. The van der Waals surface area contributed by atoms with Crippen LogP contribution >= 0.6 is 0 Å². The van der Waals surface area contributed by atoms with Crippen LogP contribution in [0.15, 0.2) is 0 Å². The van der Waals surface area contributed by atoms with E-state index >= 15 is 0 Å². The molecule has 0 aromatic heterocycles. The van der Waals surface area contributed by atoms with Gasteiger partial charge < -0.3 is 43.4 Å². The molecule has 2 fully saturated rings. The molecule has 2 rings (SSSR count). The Hall–Kier alpha value is -0.320. The first-order valence-corrected chi connectivity index (χ1v) is 9.53. The molecule has 0 aromatic rings. The normalized spacial score (nSPS) is 36.2. The molecule has 2 unspecified atom stereocenters. The van der Waals surface area contributed by atoms with Gasteiger partial charge in [0.05, 0.1) is 0 Å². The lowest BCUT2D eigenvalue weighted by atomic mass is 10.00. The second-order valence-electron chi connectivity index (χ2n) is 7.07. The summed E-state index contributed by atoms with van der Waals surface area (Å²) in [5, 5.41) is 21.1. The predicted octanol–water partition coefficient (Wildman–Crippen LogP) is -3.56.